The van der Waals surface area contributed by atoms with E-state index in [0.29, 0.717) is 12.1 Å². The molecule has 0 aliphatic carbocycles. The number of hydrogen-bond acceptors (Lipinski definition) is 2. The zero-order valence-electron chi connectivity index (χ0n) is 19.3. The first-order chi connectivity index (χ1) is 15.1. The first-order valence-electron chi connectivity index (χ1n) is 11.0. The van der Waals surface area contributed by atoms with Crippen molar-refractivity contribution in [3.63, 3.8) is 0 Å². The van der Waals surface area contributed by atoms with Crippen molar-refractivity contribution in [3.05, 3.63) is 107 Å². The van der Waals surface area contributed by atoms with Crippen LogP contribution in [0.1, 0.15) is 56.8 Å². The summed E-state index contributed by atoms with van der Waals surface area (Å²) >= 11 is 0. The molecule has 0 spiro atoms. The second-order valence-electron chi connectivity index (χ2n) is 9.39. The highest BCUT2D eigenvalue weighted by Crippen LogP contribution is 2.51. The van der Waals surface area contributed by atoms with Crippen molar-refractivity contribution >= 4 is 5.97 Å². The van der Waals surface area contributed by atoms with Crippen LogP contribution in [0, 0.1) is 11.2 Å². The minimum atomic E-state index is -0.966. The molecule has 0 aromatic heterocycles. The number of nitrogens with zero attached hydrogens (tertiary/aromatic N) is 1. The monoisotopic (exact) mass is 433 g/mol. The average Bonchev–Trinajstić information content (AvgIpc) is 2.76. The van der Waals surface area contributed by atoms with E-state index in [2.05, 4.69) is 24.0 Å². The van der Waals surface area contributed by atoms with E-state index in [-0.39, 0.29) is 18.3 Å². The number of halogens is 1. The molecule has 168 valence electrons. The maximum absolute atomic E-state index is 14.5. The second kappa shape index (κ2) is 9.66. The standard InChI is InChI=1S/C28H32FNO2/c1-21(23-14-9-6-10-15-23)30(20-22-12-7-5-8-13-22)28(19-26(31)32,27(2,3)4)24-16-11-17-25(29)18-24/h5-18,21H,19-20H2,1-4H3,(H,31,32)/t21-,28-/m1/s1. The second-order valence-corrected chi connectivity index (χ2v) is 9.39. The van der Waals surface area contributed by atoms with Gasteiger partial charge in [0.05, 0.1) is 12.0 Å². The Balaban J connectivity index is 2.29. The molecule has 0 heterocycles. The summed E-state index contributed by atoms with van der Waals surface area (Å²) in [5, 5.41) is 10.1. The summed E-state index contributed by atoms with van der Waals surface area (Å²) in [5.41, 5.74) is 1.35. The molecule has 0 saturated heterocycles. The van der Waals surface area contributed by atoms with Crippen molar-refractivity contribution in [1.82, 2.24) is 4.90 Å². The number of rotatable bonds is 8. The molecule has 32 heavy (non-hydrogen) atoms. The summed E-state index contributed by atoms with van der Waals surface area (Å²) in [7, 11) is 0. The Hall–Kier alpha value is -2.98. The fourth-order valence-electron chi connectivity index (χ4n) is 4.76. The third-order valence-corrected chi connectivity index (χ3v) is 6.39. The smallest absolute Gasteiger partial charge is 0.305 e. The largest absolute Gasteiger partial charge is 0.481 e. The predicted molar refractivity (Wildman–Crippen MR) is 127 cm³/mol. The van der Waals surface area contributed by atoms with Crippen LogP contribution in [-0.4, -0.2) is 16.0 Å². The van der Waals surface area contributed by atoms with Gasteiger partial charge in [0.25, 0.3) is 0 Å². The molecule has 0 aliphatic heterocycles. The lowest BCUT2D eigenvalue weighted by Gasteiger charge is -2.54. The van der Waals surface area contributed by atoms with Gasteiger partial charge in [0.2, 0.25) is 0 Å². The summed E-state index contributed by atoms with van der Waals surface area (Å²) in [5.74, 6) is -1.28. The van der Waals surface area contributed by atoms with Gasteiger partial charge < -0.3 is 5.11 Å². The summed E-state index contributed by atoms with van der Waals surface area (Å²) in [4.78, 5) is 14.6. The topological polar surface area (TPSA) is 40.5 Å². The average molecular weight is 434 g/mol. The Morgan fingerprint density at radius 2 is 1.53 bits per heavy atom. The van der Waals surface area contributed by atoms with Gasteiger partial charge in [-0.25, -0.2) is 4.39 Å². The van der Waals surface area contributed by atoms with Gasteiger partial charge in [-0.1, -0.05) is 93.6 Å². The molecule has 3 rings (SSSR count). The highest BCUT2D eigenvalue weighted by molar-refractivity contribution is 5.69. The van der Waals surface area contributed by atoms with Crippen molar-refractivity contribution in [2.24, 2.45) is 5.41 Å². The van der Waals surface area contributed by atoms with Crippen LogP contribution in [0.25, 0.3) is 0 Å². The molecule has 0 amide bonds. The van der Waals surface area contributed by atoms with Crippen molar-refractivity contribution in [2.75, 3.05) is 0 Å². The van der Waals surface area contributed by atoms with Crippen LogP contribution in [0.3, 0.4) is 0 Å². The number of carboxylic acids is 1. The fourth-order valence-corrected chi connectivity index (χ4v) is 4.76. The Labute approximate surface area is 190 Å². The van der Waals surface area contributed by atoms with E-state index >= 15 is 0 Å². The van der Waals surface area contributed by atoms with Gasteiger partial charge in [0.15, 0.2) is 0 Å². The Bertz CT molecular complexity index is 1030. The maximum atomic E-state index is 14.5. The molecule has 3 nitrogen and oxygen atoms in total. The van der Waals surface area contributed by atoms with Gasteiger partial charge in [0, 0.05) is 12.6 Å². The summed E-state index contributed by atoms with van der Waals surface area (Å²) in [6, 6.07) is 26.4. The molecule has 0 bridgehead atoms. The number of hydrogen-bond donors (Lipinski definition) is 1. The predicted octanol–water partition coefficient (Wildman–Crippen LogP) is 6.81. The van der Waals surface area contributed by atoms with Gasteiger partial charge >= 0.3 is 5.97 Å². The van der Waals surface area contributed by atoms with Crippen molar-refractivity contribution < 1.29 is 14.3 Å². The quantitative estimate of drug-likeness (QED) is 0.424. The lowest BCUT2D eigenvalue weighted by molar-refractivity contribution is -0.146. The number of carbonyl (C=O) groups is 1. The van der Waals surface area contributed by atoms with E-state index in [9.17, 15) is 14.3 Å². The van der Waals surface area contributed by atoms with Gasteiger partial charge in [-0.3, -0.25) is 9.69 Å². The van der Waals surface area contributed by atoms with Gasteiger partial charge in [-0.15, -0.1) is 0 Å². The van der Waals surface area contributed by atoms with E-state index in [1.807, 2.05) is 75.4 Å². The van der Waals surface area contributed by atoms with Crippen molar-refractivity contribution in [2.45, 2.75) is 52.2 Å². The third-order valence-electron chi connectivity index (χ3n) is 6.39. The molecule has 0 saturated carbocycles. The molecule has 0 unspecified atom stereocenters. The van der Waals surface area contributed by atoms with Crippen LogP contribution in [0.15, 0.2) is 84.9 Å². The summed E-state index contributed by atoms with van der Waals surface area (Å²) in [6.07, 6.45) is -0.149. The van der Waals surface area contributed by atoms with E-state index in [1.165, 1.54) is 12.1 Å². The lowest BCUT2D eigenvalue weighted by Crippen LogP contribution is -2.56. The SMILES string of the molecule is C[C@H](c1ccccc1)N(Cc1ccccc1)[C@](CC(=O)O)(c1cccc(F)c1)C(C)(C)C. The molecule has 1 N–H and O–H groups in total. The Kier molecular flexibility index (Phi) is 7.15. The van der Waals surface area contributed by atoms with Crippen LogP contribution >= 0.6 is 0 Å². The third kappa shape index (κ3) is 4.91. The molecule has 3 aromatic carbocycles. The molecule has 0 aliphatic rings. The van der Waals surface area contributed by atoms with Gasteiger partial charge in [-0.05, 0) is 41.2 Å². The van der Waals surface area contributed by atoms with E-state index in [4.69, 9.17) is 0 Å². The molecular weight excluding hydrogens is 401 g/mol. The van der Waals surface area contributed by atoms with Crippen LogP contribution < -0.4 is 0 Å². The van der Waals surface area contributed by atoms with Crippen molar-refractivity contribution in [1.29, 1.82) is 0 Å². The number of aliphatic carboxylic acids is 1. The lowest BCUT2D eigenvalue weighted by atomic mass is 9.65. The van der Waals surface area contributed by atoms with E-state index < -0.39 is 16.9 Å². The minimum absolute atomic E-state index is 0.113. The van der Waals surface area contributed by atoms with Crippen LogP contribution in [-0.2, 0) is 16.9 Å². The molecule has 3 aromatic rings. The molecule has 0 radical (unpaired) electrons. The maximum Gasteiger partial charge on any atom is 0.305 e. The zero-order chi connectivity index (χ0) is 23.4. The zero-order valence-corrected chi connectivity index (χ0v) is 19.3. The minimum Gasteiger partial charge on any atom is -0.481 e. The fraction of sp³-hybridized carbons (Fsp3) is 0.321. The first kappa shape index (κ1) is 23.7. The van der Waals surface area contributed by atoms with Crippen LogP contribution in [0.2, 0.25) is 0 Å². The molecular formula is C28H32FNO2. The van der Waals surface area contributed by atoms with E-state index in [1.54, 1.807) is 6.07 Å². The molecule has 0 fully saturated rings. The Morgan fingerprint density at radius 3 is 2.06 bits per heavy atom. The highest BCUT2D eigenvalue weighted by atomic mass is 19.1. The number of benzene rings is 3. The first-order valence-corrected chi connectivity index (χ1v) is 11.0. The van der Waals surface area contributed by atoms with Gasteiger partial charge in [-0.2, -0.15) is 0 Å². The highest BCUT2D eigenvalue weighted by Gasteiger charge is 2.51. The molecule has 4 heteroatoms. The van der Waals surface area contributed by atoms with E-state index in [0.717, 1.165) is 11.1 Å². The molecule has 2 atom stereocenters. The normalized spacial score (nSPS) is 14.7. The number of carboxylic acid groups (broad SMARTS) is 1. The van der Waals surface area contributed by atoms with Crippen molar-refractivity contribution in [3.8, 4) is 0 Å². The van der Waals surface area contributed by atoms with Crippen LogP contribution in [0.4, 0.5) is 4.39 Å². The van der Waals surface area contributed by atoms with Crippen LogP contribution in [0.5, 0.6) is 0 Å². The summed E-state index contributed by atoms with van der Waals surface area (Å²) < 4.78 is 14.5. The summed E-state index contributed by atoms with van der Waals surface area (Å²) in [6.45, 7) is 8.74. The Morgan fingerprint density at radius 1 is 0.938 bits per heavy atom. The van der Waals surface area contributed by atoms with Gasteiger partial charge in [0.1, 0.15) is 5.82 Å².